The summed E-state index contributed by atoms with van der Waals surface area (Å²) in [7, 11) is -3.87. The molecule has 1 aliphatic heterocycles. The Hall–Kier alpha value is -4.71. The number of fused-ring (bicyclic) bond motifs is 2. The molecule has 52 heavy (non-hydrogen) atoms. The lowest BCUT2D eigenvalue weighted by Crippen LogP contribution is -2.59. The van der Waals surface area contributed by atoms with Crippen LogP contribution in [0.15, 0.2) is 78.9 Å². The fraction of sp³-hybridized carbons (Fsp3) is 0.450. The second-order valence-electron chi connectivity index (χ2n) is 15.2. The van der Waals surface area contributed by atoms with Crippen LogP contribution >= 0.6 is 0 Å². The van der Waals surface area contributed by atoms with Gasteiger partial charge in [-0.3, -0.25) is 19.1 Å². The minimum Gasteiger partial charge on any atom is -0.444 e. The number of alkyl carbamates (subject to hydrolysis) is 1. The first-order chi connectivity index (χ1) is 24.7. The van der Waals surface area contributed by atoms with E-state index in [0.717, 1.165) is 40.3 Å². The standard InChI is InChI=1S/C40H48N4O7S/c1-39(2,3)51-38(48)42-33-17-8-6-4-5-7-16-31-25-40(31,37(47)44-52(49,50)32-20-21-32)43-36(46)34(41-35(33)45)23-26-12-11-15-28(22-26)30-19-18-27-13-9-10-14-29(27)24-30/h7,9-16,18-19,22,24,31-34H,4-6,8,17,20-21,23,25H2,1-3H3,(H,41,45)(H,42,48)(H,43,46)(H,44,47)/b16-7-/t31-,33+,34+,40-/m1/s1. The molecule has 0 aromatic heterocycles. The van der Waals surface area contributed by atoms with Crippen molar-refractivity contribution in [3.63, 3.8) is 0 Å². The van der Waals surface area contributed by atoms with Gasteiger partial charge in [0.05, 0.1) is 5.25 Å². The second-order valence-corrected chi connectivity index (χ2v) is 17.2. The van der Waals surface area contributed by atoms with E-state index in [9.17, 15) is 27.6 Å². The van der Waals surface area contributed by atoms with Crippen LogP contribution in [0.2, 0.25) is 0 Å². The summed E-state index contributed by atoms with van der Waals surface area (Å²) in [5.41, 5.74) is 0.388. The molecule has 1 heterocycles. The van der Waals surface area contributed by atoms with Crippen molar-refractivity contribution in [2.45, 2.75) is 107 Å². The number of carbonyl (C=O) groups excluding carboxylic acids is 4. The number of benzene rings is 3. The highest BCUT2D eigenvalue weighted by Gasteiger charge is 2.61. The minimum atomic E-state index is -3.87. The van der Waals surface area contributed by atoms with Gasteiger partial charge >= 0.3 is 6.09 Å². The van der Waals surface area contributed by atoms with E-state index in [4.69, 9.17) is 4.74 Å². The SMILES string of the molecule is CC(C)(C)OC(=O)N[C@H]1CCCCC/C=C\[C@@H]2C[C@@]2(C(=O)NS(=O)(=O)C2CC2)NC(=O)[C@H](Cc2cccc(-c3ccc4ccccc4c3)c2)NC1=O. The third kappa shape index (κ3) is 9.20. The molecule has 2 saturated carbocycles. The first-order valence-corrected chi connectivity index (χ1v) is 19.7. The van der Waals surface area contributed by atoms with Gasteiger partial charge in [-0.25, -0.2) is 13.2 Å². The lowest BCUT2D eigenvalue weighted by molar-refractivity contribution is -0.133. The summed E-state index contributed by atoms with van der Waals surface area (Å²) in [6.45, 7) is 5.20. The first kappa shape index (κ1) is 37.1. The van der Waals surface area contributed by atoms with Gasteiger partial charge in [0.25, 0.3) is 5.91 Å². The van der Waals surface area contributed by atoms with E-state index >= 15 is 0 Å². The molecule has 2 fully saturated rings. The van der Waals surface area contributed by atoms with Crippen molar-refractivity contribution in [2.75, 3.05) is 0 Å². The minimum absolute atomic E-state index is 0.0662. The third-order valence-electron chi connectivity index (χ3n) is 9.79. The van der Waals surface area contributed by atoms with Gasteiger partial charge in [0.15, 0.2) is 0 Å². The number of nitrogens with one attached hydrogen (secondary N) is 4. The zero-order valence-electron chi connectivity index (χ0n) is 29.9. The van der Waals surface area contributed by atoms with Crippen LogP contribution in [0.5, 0.6) is 0 Å². The Bertz CT molecular complexity index is 1980. The fourth-order valence-electron chi connectivity index (χ4n) is 6.70. The number of hydrogen-bond donors (Lipinski definition) is 4. The second kappa shape index (κ2) is 15.1. The van der Waals surface area contributed by atoms with Crippen LogP contribution in [0.1, 0.15) is 77.7 Å². The molecule has 4 atom stereocenters. The lowest BCUT2D eigenvalue weighted by Gasteiger charge is -2.27. The zero-order valence-corrected chi connectivity index (χ0v) is 30.8. The van der Waals surface area contributed by atoms with Crippen molar-refractivity contribution in [3.8, 4) is 11.1 Å². The molecule has 11 nitrogen and oxygen atoms in total. The van der Waals surface area contributed by atoms with E-state index in [1.54, 1.807) is 20.8 Å². The van der Waals surface area contributed by atoms with Gasteiger partial charge in [-0.15, -0.1) is 0 Å². The average Bonchev–Trinajstić information content (AvgIpc) is 4.02. The Morgan fingerprint density at radius 2 is 1.63 bits per heavy atom. The summed E-state index contributed by atoms with van der Waals surface area (Å²) in [5, 5.41) is 10.0. The van der Waals surface area contributed by atoms with Crippen molar-refractivity contribution >= 4 is 44.6 Å². The van der Waals surface area contributed by atoms with Gasteiger partial charge in [-0.1, -0.05) is 85.7 Å². The lowest BCUT2D eigenvalue weighted by atomic mass is 9.97. The maximum atomic E-state index is 14.3. The van der Waals surface area contributed by atoms with E-state index in [-0.39, 0.29) is 12.8 Å². The van der Waals surface area contributed by atoms with E-state index in [1.165, 1.54) is 0 Å². The van der Waals surface area contributed by atoms with Gasteiger partial charge < -0.3 is 20.7 Å². The molecule has 0 unspecified atom stereocenters. The number of allylic oxidation sites excluding steroid dienone is 1. The number of sulfonamides is 1. The number of amides is 4. The van der Waals surface area contributed by atoms with Crippen LogP contribution in [0, 0.1) is 5.92 Å². The maximum absolute atomic E-state index is 14.3. The molecule has 4 N–H and O–H groups in total. The Morgan fingerprint density at radius 3 is 2.38 bits per heavy atom. The molecule has 0 saturated heterocycles. The summed E-state index contributed by atoms with van der Waals surface area (Å²) < 4.78 is 33.3. The summed E-state index contributed by atoms with van der Waals surface area (Å²) in [5.74, 6) is -2.39. The summed E-state index contributed by atoms with van der Waals surface area (Å²) in [6, 6.07) is 19.8. The highest BCUT2D eigenvalue weighted by molar-refractivity contribution is 7.91. The van der Waals surface area contributed by atoms with Crippen LogP contribution < -0.4 is 20.7 Å². The average molecular weight is 729 g/mol. The summed E-state index contributed by atoms with van der Waals surface area (Å²) >= 11 is 0. The highest BCUT2D eigenvalue weighted by atomic mass is 32.2. The molecule has 3 aromatic carbocycles. The molecule has 12 heteroatoms. The predicted molar refractivity (Wildman–Crippen MR) is 199 cm³/mol. The highest BCUT2D eigenvalue weighted by Crippen LogP contribution is 2.46. The van der Waals surface area contributed by atoms with Crippen LogP contribution in [-0.2, 0) is 35.6 Å². The first-order valence-electron chi connectivity index (χ1n) is 18.2. The van der Waals surface area contributed by atoms with Gasteiger partial charge in [0, 0.05) is 12.3 Å². The van der Waals surface area contributed by atoms with Crippen LogP contribution in [0.4, 0.5) is 4.79 Å². The number of carbonyl (C=O) groups is 4. The molecular weight excluding hydrogens is 681 g/mol. The summed E-state index contributed by atoms with van der Waals surface area (Å²) in [4.78, 5) is 54.7. The van der Waals surface area contributed by atoms with Gasteiger partial charge in [-0.2, -0.15) is 0 Å². The van der Waals surface area contributed by atoms with E-state index in [0.29, 0.717) is 32.1 Å². The molecule has 3 aromatic rings. The fourth-order valence-corrected chi connectivity index (χ4v) is 8.07. The molecule has 4 amide bonds. The molecule has 0 bridgehead atoms. The largest absolute Gasteiger partial charge is 0.444 e. The van der Waals surface area contributed by atoms with Crippen LogP contribution in [0.3, 0.4) is 0 Å². The van der Waals surface area contributed by atoms with E-state index in [2.05, 4.69) is 32.8 Å². The Balaban J connectivity index is 1.30. The van der Waals surface area contributed by atoms with Crippen LogP contribution in [-0.4, -0.2) is 60.7 Å². The third-order valence-corrected chi connectivity index (χ3v) is 11.6. The zero-order chi connectivity index (χ0) is 37.1. The smallest absolute Gasteiger partial charge is 0.408 e. The quantitative estimate of drug-likeness (QED) is 0.236. The van der Waals surface area contributed by atoms with E-state index in [1.807, 2.05) is 66.7 Å². The molecule has 6 rings (SSSR count). The number of hydrogen-bond acceptors (Lipinski definition) is 7. The molecular formula is C40H48N4O7S. The maximum Gasteiger partial charge on any atom is 0.408 e. The molecule has 0 spiro atoms. The van der Waals surface area contributed by atoms with Crippen molar-refractivity contribution < 1.29 is 32.3 Å². The van der Waals surface area contributed by atoms with Gasteiger partial charge in [-0.05, 0) is 92.8 Å². The normalized spacial score (nSPS) is 24.9. The topological polar surface area (TPSA) is 160 Å². The number of rotatable bonds is 7. The molecule has 2 aliphatic carbocycles. The molecule has 0 radical (unpaired) electrons. The van der Waals surface area contributed by atoms with Crippen molar-refractivity contribution in [3.05, 3.63) is 84.4 Å². The van der Waals surface area contributed by atoms with Crippen molar-refractivity contribution in [1.82, 2.24) is 20.7 Å². The van der Waals surface area contributed by atoms with E-state index < -0.39 is 68.2 Å². The monoisotopic (exact) mass is 728 g/mol. The Morgan fingerprint density at radius 1 is 0.885 bits per heavy atom. The predicted octanol–water partition coefficient (Wildman–Crippen LogP) is 5.43. The van der Waals surface area contributed by atoms with Crippen molar-refractivity contribution in [2.24, 2.45) is 5.92 Å². The Kier molecular flexibility index (Phi) is 10.8. The molecule has 3 aliphatic rings. The van der Waals surface area contributed by atoms with Crippen molar-refractivity contribution in [1.29, 1.82) is 0 Å². The molecule has 276 valence electrons. The van der Waals surface area contributed by atoms with Gasteiger partial charge in [0.1, 0.15) is 23.2 Å². The van der Waals surface area contributed by atoms with Crippen LogP contribution in [0.25, 0.3) is 21.9 Å². The number of ether oxygens (including phenoxy) is 1. The van der Waals surface area contributed by atoms with Gasteiger partial charge in [0.2, 0.25) is 21.8 Å². The summed E-state index contributed by atoms with van der Waals surface area (Å²) in [6.07, 6.45) is 7.60. The Labute approximate surface area is 305 Å².